The molecule has 15 heteroatoms. The molecule has 0 spiro atoms. The molecule has 12 nitrogen and oxygen atoms in total. The van der Waals surface area contributed by atoms with E-state index in [-0.39, 0.29) is 29.6 Å². The third kappa shape index (κ3) is 2.89. The molecule has 0 saturated carbocycles. The number of aromatic hydroxyl groups is 3. The van der Waals surface area contributed by atoms with Gasteiger partial charge in [0.05, 0.1) is 5.56 Å². The fraction of sp³-hybridized carbons (Fsp3) is 0.118. The number of aromatic nitrogens is 1. The van der Waals surface area contributed by atoms with Gasteiger partial charge in [0.2, 0.25) is 9.87 Å². The van der Waals surface area contributed by atoms with Crippen molar-refractivity contribution in [1.29, 1.82) is 0 Å². The van der Waals surface area contributed by atoms with Crippen LogP contribution in [0.15, 0.2) is 36.5 Å². The van der Waals surface area contributed by atoms with Crippen molar-refractivity contribution < 1.29 is 81.0 Å². The molecule has 32 heavy (non-hydrogen) atoms. The fourth-order valence-corrected chi connectivity index (χ4v) is 5.65. The molecule has 2 aromatic carbocycles. The second-order valence-electron chi connectivity index (χ2n) is 6.77. The predicted octanol–water partition coefficient (Wildman–Crippen LogP) is -3.85. The molecule has 4 rings (SSSR count). The summed E-state index contributed by atoms with van der Waals surface area (Å²) in [7, 11) is -11.9. The Morgan fingerprint density at radius 1 is 0.812 bits per heavy atom. The van der Waals surface area contributed by atoms with Gasteiger partial charge in [-0.15, -0.1) is 0 Å². The molecule has 0 amide bonds. The van der Waals surface area contributed by atoms with Gasteiger partial charge >= 0.3 is 29.6 Å². The van der Waals surface area contributed by atoms with E-state index in [0.29, 0.717) is 12.1 Å². The van der Waals surface area contributed by atoms with Crippen LogP contribution in [0.5, 0.6) is 17.2 Å². The summed E-state index contributed by atoms with van der Waals surface area (Å²) in [6.45, 7) is 0. The number of rotatable bonds is 2. The Hall–Kier alpha value is -2.01. The number of benzene rings is 2. The number of phenolic OH excluding ortho intramolecular Hbond substituents is 3. The Morgan fingerprint density at radius 3 is 1.94 bits per heavy atom. The second-order valence-corrected chi connectivity index (χ2v) is 9.77. The van der Waals surface area contributed by atoms with E-state index < -0.39 is 80.5 Å². The number of pyridine rings is 1. The van der Waals surface area contributed by atoms with Crippen molar-refractivity contribution in [3.8, 4) is 17.2 Å². The van der Waals surface area contributed by atoms with E-state index >= 15 is 0 Å². The van der Waals surface area contributed by atoms with E-state index in [4.69, 9.17) is 0 Å². The molecule has 1 heterocycles. The number of fused-ring (bicyclic) bond motifs is 4. The molecular weight excluding hydrogens is 481 g/mol. The summed E-state index contributed by atoms with van der Waals surface area (Å²) in [5.74, 6) is -3.39. The van der Waals surface area contributed by atoms with Crippen LogP contribution in [-0.4, -0.2) is 56.5 Å². The van der Waals surface area contributed by atoms with Crippen molar-refractivity contribution in [2.75, 3.05) is 0 Å². The topological polar surface area (TPSA) is 228 Å². The van der Waals surface area contributed by atoms with Crippen LogP contribution in [0, 0.1) is 0 Å². The normalized spacial score (nSPS) is 22.6. The number of hydrogen-bond donors (Lipinski definition) is 5. The van der Waals surface area contributed by atoms with E-state index in [2.05, 4.69) is 4.98 Å². The molecule has 164 valence electrons. The standard InChI is InChI=1S/C17H13NO11S2.Na/c19-7-3-4-9-10(6-7)17(23,31(27,28)29)11-8-2-1-5-18-13(8)15(21)14(20)12(11)16(9,22)30(24,25)26;/h1-6,19-23H,(H,24,25,26)(H,27,28,29);/q;+1/p-2. The van der Waals surface area contributed by atoms with Crippen molar-refractivity contribution in [1.82, 2.24) is 4.98 Å². The van der Waals surface area contributed by atoms with Gasteiger partial charge in [0, 0.05) is 28.3 Å². The van der Waals surface area contributed by atoms with Gasteiger partial charge in [-0.1, -0.05) is 12.1 Å². The molecule has 2 unspecified atom stereocenters. The number of phenols is 3. The maximum atomic E-state index is 12.3. The first-order valence-electron chi connectivity index (χ1n) is 8.20. The van der Waals surface area contributed by atoms with Gasteiger partial charge in [0.25, 0.3) is 0 Å². The van der Waals surface area contributed by atoms with Crippen LogP contribution < -0.4 is 29.6 Å². The fourth-order valence-electron chi connectivity index (χ4n) is 3.86. The summed E-state index contributed by atoms with van der Waals surface area (Å²) in [6.07, 6.45) is 1.08. The summed E-state index contributed by atoms with van der Waals surface area (Å²) in [4.78, 5) is -3.77. The molecule has 5 N–H and O–H groups in total. The third-order valence-electron chi connectivity index (χ3n) is 5.15. The molecule has 2 atom stereocenters. The van der Waals surface area contributed by atoms with E-state index in [1.165, 1.54) is 0 Å². The van der Waals surface area contributed by atoms with E-state index in [1.807, 2.05) is 0 Å². The number of nitrogens with zero attached hydrogens (tertiary/aromatic N) is 1. The maximum absolute atomic E-state index is 12.3. The first-order valence-corrected chi connectivity index (χ1v) is 11.0. The van der Waals surface area contributed by atoms with Gasteiger partial charge in [-0.05, 0) is 18.2 Å². The maximum Gasteiger partial charge on any atom is 1.00 e. The van der Waals surface area contributed by atoms with Crippen LogP contribution in [0.1, 0.15) is 22.3 Å². The van der Waals surface area contributed by atoms with Crippen molar-refractivity contribution in [3.05, 3.63) is 58.8 Å². The van der Waals surface area contributed by atoms with Crippen LogP contribution in [-0.2, 0) is 30.1 Å². The van der Waals surface area contributed by atoms with Crippen molar-refractivity contribution in [2.24, 2.45) is 0 Å². The summed E-state index contributed by atoms with van der Waals surface area (Å²) in [6, 6.07) is 3.97. The van der Waals surface area contributed by atoms with Crippen molar-refractivity contribution in [3.63, 3.8) is 0 Å². The number of hydrogen-bond acceptors (Lipinski definition) is 12. The van der Waals surface area contributed by atoms with E-state index in [9.17, 15) is 51.5 Å². The quantitative estimate of drug-likeness (QED) is 0.132. The van der Waals surface area contributed by atoms with Crippen LogP contribution in [0.2, 0.25) is 0 Å². The van der Waals surface area contributed by atoms with E-state index in [0.717, 1.165) is 24.4 Å². The van der Waals surface area contributed by atoms with Crippen LogP contribution in [0.25, 0.3) is 10.9 Å². The minimum atomic E-state index is -5.94. The zero-order valence-electron chi connectivity index (χ0n) is 15.9. The third-order valence-corrected chi connectivity index (χ3v) is 7.44. The van der Waals surface area contributed by atoms with Gasteiger partial charge in [0.15, 0.2) is 11.5 Å². The van der Waals surface area contributed by atoms with Gasteiger partial charge < -0.3 is 34.6 Å². The molecule has 3 aromatic rings. The zero-order valence-corrected chi connectivity index (χ0v) is 19.5. The molecule has 0 saturated heterocycles. The summed E-state index contributed by atoms with van der Waals surface area (Å²) < 4.78 is 73.4. The molecule has 0 fully saturated rings. The smallest absolute Gasteiger partial charge is 0.745 e. The average molecular weight is 492 g/mol. The van der Waals surface area contributed by atoms with Gasteiger partial charge in [-0.3, -0.25) is 4.98 Å². The Kier molecular flexibility index (Phi) is 5.58. The summed E-state index contributed by atoms with van der Waals surface area (Å²) in [5.41, 5.74) is -5.46. The summed E-state index contributed by atoms with van der Waals surface area (Å²) in [5, 5.41) is 52.3. The second kappa shape index (κ2) is 7.24. The average Bonchev–Trinajstić information content (AvgIpc) is 2.67. The predicted molar refractivity (Wildman–Crippen MR) is 98.6 cm³/mol. The first-order chi connectivity index (χ1) is 14.2. The molecular formula is C17H11NNaO11S2-. The van der Waals surface area contributed by atoms with Crippen molar-refractivity contribution in [2.45, 2.75) is 9.87 Å². The Balaban J connectivity index is 0.00000289. The SMILES string of the molecule is O=S(=O)([O-])C1(O)c2ccc(O)cc2C(O)(S(=O)(=O)[O-])c2c1c(O)c(O)c1ncccc21.[Na+]. The van der Waals surface area contributed by atoms with Crippen LogP contribution in [0.3, 0.4) is 0 Å². The Morgan fingerprint density at radius 2 is 1.38 bits per heavy atom. The molecule has 1 aliphatic carbocycles. The van der Waals surface area contributed by atoms with Gasteiger partial charge in [-0.25, -0.2) is 16.8 Å². The number of aliphatic hydroxyl groups is 2. The van der Waals surface area contributed by atoms with Gasteiger partial charge in [-0.2, -0.15) is 0 Å². The Bertz CT molecular complexity index is 1510. The van der Waals surface area contributed by atoms with Gasteiger partial charge in [0.1, 0.15) is 31.5 Å². The minimum absolute atomic E-state index is 0. The molecule has 0 aliphatic heterocycles. The summed E-state index contributed by atoms with van der Waals surface area (Å²) >= 11 is 0. The minimum Gasteiger partial charge on any atom is -0.745 e. The zero-order chi connectivity index (χ0) is 23.1. The van der Waals surface area contributed by atoms with E-state index in [1.54, 1.807) is 0 Å². The molecule has 0 bridgehead atoms. The molecule has 1 aliphatic rings. The molecule has 1 aromatic heterocycles. The van der Waals surface area contributed by atoms with Crippen molar-refractivity contribution >= 4 is 31.1 Å². The first kappa shape index (κ1) is 24.6. The largest absolute Gasteiger partial charge is 1.00 e. The van der Waals surface area contributed by atoms with Crippen LogP contribution >= 0.6 is 0 Å². The molecule has 0 radical (unpaired) electrons. The monoisotopic (exact) mass is 492 g/mol. The Labute approximate surface area is 202 Å². The van der Waals surface area contributed by atoms with Crippen LogP contribution in [0.4, 0.5) is 0 Å².